The minimum absolute atomic E-state index is 0.110. The van der Waals surface area contributed by atoms with E-state index in [1.807, 2.05) is 42.5 Å². The van der Waals surface area contributed by atoms with E-state index in [-0.39, 0.29) is 5.56 Å². The SMILES string of the molecule is CCCCN(CCC(C)CC)Cc1cccc(=O)n1OCc1ccccc1. The Hall–Kier alpha value is -2.07. The molecule has 0 radical (unpaired) electrons. The van der Waals surface area contributed by atoms with Gasteiger partial charge in [0, 0.05) is 12.6 Å². The molecule has 2 aromatic rings. The smallest absolute Gasteiger partial charge is 0.283 e. The molecule has 2 rings (SSSR count). The van der Waals surface area contributed by atoms with E-state index >= 15 is 0 Å². The average molecular weight is 371 g/mol. The van der Waals surface area contributed by atoms with Gasteiger partial charge in [-0.05, 0) is 43.5 Å². The lowest BCUT2D eigenvalue weighted by Gasteiger charge is -2.25. The molecule has 4 heteroatoms. The second-order valence-corrected chi connectivity index (χ2v) is 7.34. The van der Waals surface area contributed by atoms with Gasteiger partial charge in [-0.1, -0.05) is 70.0 Å². The van der Waals surface area contributed by atoms with Gasteiger partial charge >= 0.3 is 0 Å². The van der Waals surface area contributed by atoms with Crippen LogP contribution in [0.5, 0.6) is 0 Å². The predicted octanol–water partition coefficient (Wildman–Crippen LogP) is 4.52. The Labute approximate surface area is 163 Å². The third-order valence-electron chi connectivity index (χ3n) is 5.04. The first-order chi connectivity index (χ1) is 13.1. The zero-order valence-electron chi connectivity index (χ0n) is 17.1. The second-order valence-electron chi connectivity index (χ2n) is 7.34. The molecule has 1 atom stereocenters. The fourth-order valence-corrected chi connectivity index (χ4v) is 2.98. The van der Waals surface area contributed by atoms with Crippen LogP contribution >= 0.6 is 0 Å². The summed E-state index contributed by atoms with van der Waals surface area (Å²) in [5, 5.41) is 0. The van der Waals surface area contributed by atoms with Gasteiger partial charge in [-0.3, -0.25) is 9.69 Å². The van der Waals surface area contributed by atoms with Crippen molar-refractivity contribution in [1.29, 1.82) is 0 Å². The molecule has 1 aromatic heterocycles. The zero-order valence-corrected chi connectivity index (χ0v) is 17.1. The number of hydrogen-bond donors (Lipinski definition) is 0. The molecule has 0 N–H and O–H groups in total. The maximum Gasteiger partial charge on any atom is 0.283 e. The van der Waals surface area contributed by atoms with Crippen LogP contribution < -0.4 is 10.4 Å². The van der Waals surface area contributed by atoms with E-state index in [1.54, 1.807) is 6.07 Å². The maximum absolute atomic E-state index is 12.4. The van der Waals surface area contributed by atoms with Crippen molar-refractivity contribution in [3.8, 4) is 0 Å². The Balaban J connectivity index is 2.09. The second kappa shape index (κ2) is 11.6. The first-order valence-corrected chi connectivity index (χ1v) is 10.2. The van der Waals surface area contributed by atoms with Crippen LogP contribution in [0.4, 0.5) is 0 Å². The van der Waals surface area contributed by atoms with Crippen LogP contribution in [-0.2, 0) is 13.2 Å². The van der Waals surface area contributed by atoms with Crippen LogP contribution in [0.25, 0.3) is 0 Å². The summed E-state index contributed by atoms with van der Waals surface area (Å²) in [6, 6.07) is 15.3. The van der Waals surface area contributed by atoms with Crippen molar-refractivity contribution in [2.24, 2.45) is 5.92 Å². The summed E-state index contributed by atoms with van der Waals surface area (Å²) in [4.78, 5) is 20.7. The lowest BCUT2D eigenvalue weighted by atomic mass is 10.0. The van der Waals surface area contributed by atoms with Crippen molar-refractivity contribution in [2.75, 3.05) is 13.1 Å². The number of unbranched alkanes of at least 4 members (excludes halogenated alkanes) is 1. The molecule has 4 nitrogen and oxygen atoms in total. The molecule has 27 heavy (non-hydrogen) atoms. The third-order valence-corrected chi connectivity index (χ3v) is 5.04. The number of aromatic nitrogens is 1. The normalized spacial score (nSPS) is 12.3. The Bertz CT molecular complexity index is 712. The van der Waals surface area contributed by atoms with E-state index in [0.717, 1.165) is 36.8 Å². The number of hydrogen-bond acceptors (Lipinski definition) is 3. The molecule has 0 aliphatic rings. The van der Waals surface area contributed by atoms with Crippen molar-refractivity contribution in [2.45, 2.75) is 59.6 Å². The van der Waals surface area contributed by atoms with E-state index in [2.05, 4.69) is 25.7 Å². The van der Waals surface area contributed by atoms with Gasteiger partial charge in [0.1, 0.15) is 6.61 Å². The lowest BCUT2D eigenvalue weighted by Crippen LogP contribution is -2.34. The van der Waals surface area contributed by atoms with E-state index < -0.39 is 0 Å². The van der Waals surface area contributed by atoms with Gasteiger partial charge in [-0.25, -0.2) is 0 Å². The topological polar surface area (TPSA) is 34.5 Å². The number of benzene rings is 1. The fraction of sp³-hybridized carbons (Fsp3) is 0.522. The van der Waals surface area contributed by atoms with Gasteiger partial charge in [0.25, 0.3) is 5.56 Å². The van der Waals surface area contributed by atoms with Gasteiger partial charge in [0.2, 0.25) is 0 Å². The first-order valence-electron chi connectivity index (χ1n) is 10.2. The summed E-state index contributed by atoms with van der Waals surface area (Å²) in [5.74, 6) is 0.724. The minimum atomic E-state index is -0.110. The summed E-state index contributed by atoms with van der Waals surface area (Å²) in [6.07, 6.45) is 4.73. The maximum atomic E-state index is 12.4. The minimum Gasteiger partial charge on any atom is -0.406 e. The van der Waals surface area contributed by atoms with Crippen LogP contribution in [0.15, 0.2) is 53.3 Å². The first kappa shape index (κ1) is 21.2. The van der Waals surface area contributed by atoms with Crippen molar-refractivity contribution in [1.82, 2.24) is 9.63 Å². The van der Waals surface area contributed by atoms with Crippen molar-refractivity contribution in [3.63, 3.8) is 0 Å². The molecule has 0 spiro atoms. The van der Waals surface area contributed by atoms with Gasteiger partial charge in [-0.15, -0.1) is 4.73 Å². The van der Waals surface area contributed by atoms with E-state index in [4.69, 9.17) is 4.84 Å². The Morgan fingerprint density at radius 2 is 1.81 bits per heavy atom. The molecule has 0 fully saturated rings. The molecule has 0 saturated carbocycles. The molecule has 0 aliphatic carbocycles. The van der Waals surface area contributed by atoms with Crippen LogP contribution in [0.1, 0.15) is 57.7 Å². The summed E-state index contributed by atoms with van der Waals surface area (Å²) in [7, 11) is 0. The fourth-order valence-electron chi connectivity index (χ4n) is 2.98. The Morgan fingerprint density at radius 3 is 2.52 bits per heavy atom. The standard InChI is InChI=1S/C23H34N2O2/c1-4-6-16-24(17-15-20(3)5-2)18-22-13-10-14-23(26)25(22)27-19-21-11-8-7-9-12-21/h7-14,20H,4-6,15-19H2,1-3H3. The number of rotatable bonds is 12. The predicted molar refractivity (Wildman–Crippen MR) is 112 cm³/mol. The Morgan fingerprint density at radius 1 is 1.04 bits per heavy atom. The summed E-state index contributed by atoms with van der Waals surface area (Å²) >= 11 is 0. The van der Waals surface area contributed by atoms with Crippen molar-refractivity contribution < 1.29 is 4.84 Å². The molecule has 0 saturated heterocycles. The largest absolute Gasteiger partial charge is 0.406 e. The molecule has 1 unspecified atom stereocenters. The van der Waals surface area contributed by atoms with Gasteiger partial charge in [0.15, 0.2) is 0 Å². The van der Waals surface area contributed by atoms with Crippen LogP contribution in [-0.4, -0.2) is 22.7 Å². The van der Waals surface area contributed by atoms with Crippen molar-refractivity contribution in [3.05, 3.63) is 70.1 Å². The lowest BCUT2D eigenvalue weighted by molar-refractivity contribution is 0.0754. The van der Waals surface area contributed by atoms with Crippen LogP contribution in [0.2, 0.25) is 0 Å². The van der Waals surface area contributed by atoms with Crippen LogP contribution in [0, 0.1) is 5.92 Å². The molecule has 1 heterocycles. The van der Waals surface area contributed by atoms with E-state index in [9.17, 15) is 4.79 Å². The molecular weight excluding hydrogens is 336 g/mol. The third kappa shape index (κ3) is 7.22. The number of pyridine rings is 1. The highest BCUT2D eigenvalue weighted by molar-refractivity contribution is 5.13. The van der Waals surface area contributed by atoms with Crippen molar-refractivity contribution >= 4 is 0 Å². The Kier molecular flexibility index (Phi) is 9.12. The highest BCUT2D eigenvalue weighted by Crippen LogP contribution is 2.11. The summed E-state index contributed by atoms with van der Waals surface area (Å²) in [5.41, 5.74) is 1.86. The van der Waals surface area contributed by atoms with E-state index in [1.165, 1.54) is 30.4 Å². The summed E-state index contributed by atoms with van der Waals surface area (Å²) in [6.45, 7) is 9.99. The zero-order chi connectivity index (χ0) is 19.5. The molecule has 1 aromatic carbocycles. The van der Waals surface area contributed by atoms with E-state index in [0.29, 0.717) is 6.61 Å². The molecule has 0 amide bonds. The quantitative estimate of drug-likeness (QED) is 0.551. The van der Waals surface area contributed by atoms with Gasteiger partial charge < -0.3 is 4.84 Å². The molecule has 0 aliphatic heterocycles. The number of nitrogens with zero attached hydrogens (tertiary/aromatic N) is 2. The van der Waals surface area contributed by atoms with Crippen LogP contribution in [0.3, 0.4) is 0 Å². The van der Waals surface area contributed by atoms with Gasteiger partial charge in [-0.2, -0.15) is 0 Å². The molecule has 0 bridgehead atoms. The highest BCUT2D eigenvalue weighted by atomic mass is 16.7. The summed E-state index contributed by atoms with van der Waals surface area (Å²) < 4.78 is 1.47. The average Bonchev–Trinajstić information content (AvgIpc) is 2.70. The molecular formula is C23H34N2O2. The van der Waals surface area contributed by atoms with Gasteiger partial charge in [0.05, 0.1) is 5.69 Å². The molecule has 148 valence electrons. The highest BCUT2D eigenvalue weighted by Gasteiger charge is 2.12. The monoisotopic (exact) mass is 370 g/mol.